The average molecular weight is 368 g/mol. The van der Waals surface area contributed by atoms with Crippen LogP contribution in [-0.2, 0) is 6.61 Å². The van der Waals surface area contributed by atoms with Crippen molar-refractivity contribution in [3.63, 3.8) is 0 Å². The van der Waals surface area contributed by atoms with Gasteiger partial charge in [0, 0.05) is 15.6 Å². The Labute approximate surface area is 149 Å². The van der Waals surface area contributed by atoms with E-state index in [4.69, 9.17) is 38.4 Å². The van der Waals surface area contributed by atoms with E-state index in [0.717, 1.165) is 0 Å². The molecule has 0 aliphatic heterocycles. The van der Waals surface area contributed by atoms with Crippen molar-refractivity contribution in [1.29, 1.82) is 0 Å². The van der Waals surface area contributed by atoms with Gasteiger partial charge in [-0.25, -0.2) is 10.2 Å². The molecule has 2 aromatic carbocycles. The Balaban J connectivity index is 2.13. The fraction of sp³-hybridized carbons (Fsp3) is 0.125. The molecule has 0 spiro atoms. The fourth-order valence-electron chi connectivity index (χ4n) is 1.87. The predicted molar refractivity (Wildman–Crippen MR) is 94.1 cm³/mol. The van der Waals surface area contributed by atoms with Crippen molar-refractivity contribution in [3.8, 4) is 11.5 Å². The Morgan fingerprint density at radius 3 is 2.58 bits per heavy atom. The molecule has 0 bridgehead atoms. The molecule has 0 atom stereocenters. The molecule has 0 unspecified atom stereocenters. The molecule has 2 rings (SSSR count). The predicted octanol–water partition coefficient (Wildman–Crippen LogP) is 3.58. The van der Waals surface area contributed by atoms with Crippen LogP contribution < -0.4 is 20.6 Å². The maximum atomic E-state index is 10.6. The van der Waals surface area contributed by atoms with Gasteiger partial charge in [0.1, 0.15) is 6.61 Å². The van der Waals surface area contributed by atoms with Crippen molar-refractivity contribution in [3.05, 3.63) is 57.6 Å². The van der Waals surface area contributed by atoms with Gasteiger partial charge < -0.3 is 15.2 Å². The zero-order valence-corrected chi connectivity index (χ0v) is 14.3. The summed E-state index contributed by atoms with van der Waals surface area (Å²) >= 11 is 12.2. The number of nitrogens with two attached hydrogens (primary N) is 1. The number of nitrogens with zero attached hydrogens (tertiary/aromatic N) is 1. The van der Waals surface area contributed by atoms with Gasteiger partial charge in [-0.05, 0) is 35.9 Å². The van der Waals surface area contributed by atoms with Crippen LogP contribution >= 0.6 is 23.2 Å². The van der Waals surface area contributed by atoms with Crippen LogP contribution in [0.15, 0.2) is 41.5 Å². The topological polar surface area (TPSA) is 85.9 Å². The van der Waals surface area contributed by atoms with Crippen LogP contribution in [0.3, 0.4) is 0 Å². The fourth-order valence-corrected chi connectivity index (χ4v) is 2.38. The van der Waals surface area contributed by atoms with Gasteiger partial charge in [0.2, 0.25) is 0 Å². The number of methoxy groups -OCH3 is 1. The number of nitrogens with one attached hydrogen (secondary N) is 1. The third-order valence-electron chi connectivity index (χ3n) is 3.01. The van der Waals surface area contributed by atoms with Gasteiger partial charge in [-0.3, -0.25) is 0 Å². The summed E-state index contributed by atoms with van der Waals surface area (Å²) in [5.41, 5.74) is 8.43. The van der Waals surface area contributed by atoms with Crippen molar-refractivity contribution in [1.82, 2.24) is 5.43 Å². The molecule has 0 aliphatic carbocycles. The Hall–Kier alpha value is -2.44. The van der Waals surface area contributed by atoms with E-state index in [1.165, 1.54) is 13.3 Å². The number of amides is 2. The number of hydrogen-bond donors (Lipinski definition) is 2. The molecule has 0 saturated heterocycles. The number of urea groups is 1. The van der Waals surface area contributed by atoms with Crippen molar-refractivity contribution in [2.45, 2.75) is 6.61 Å². The first-order chi connectivity index (χ1) is 11.5. The molecule has 3 N–H and O–H groups in total. The van der Waals surface area contributed by atoms with Crippen LogP contribution in [0.4, 0.5) is 4.79 Å². The highest BCUT2D eigenvalue weighted by molar-refractivity contribution is 6.35. The molecule has 126 valence electrons. The van der Waals surface area contributed by atoms with Crippen LogP contribution in [-0.4, -0.2) is 19.4 Å². The van der Waals surface area contributed by atoms with Crippen molar-refractivity contribution in [2.75, 3.05) is 7.11 Å². The number of carbonyl (C=O) groups is 1. The number of primary amides is 1. The number of hydrazone groups is 1. The summed E-state index contributed by atoms with van der Waals surface area (Å²) in [6.07, 6.45) is 1.43. The molecular formula is C16H15Cl2N3O3. The van der Waals surface area contributed by atoms with Crippen LogP contribution in [0.5, 0.6) is 11.5 Å². The second kappa shape index (κ2) is 8.42. The minimum Gasteiger partial charge on any atom is -0.493 e. The SMILES string of the molecule is COc1cc(/C=N/NC(N)=O)ccc1OCc1c(Cl)cccc1Cl. The zero-order valence-electron chi connectivity index (χ0n) is 12.8. The summed E-state index contributed by atoms with van der Waals surface area (Å²) < 4.78 is 11.0. The van der Waals surface area contributed by atoms with Gasteiger partial charge in [0.25, 0.3) is 0 Å². The van der Waals surface area contributed by atoms with Crippen molar-refractivity contribution in [2.24, 2.45) is 10.8 Å². The Kier molecular flexibility index (Phi) is 6.28. The Bertz CT molecular complexity index is 746. The van der Waals surface area contributed by atoms with E-state index in [0.29, 0.717) is 32.7 Å². The molecule has 0 radical (unpaired) electrons. The van der Waals surface area contributed by atoms with Gasteiger partial charge in [-0.1, -0.05) is 29.3 Å². The first-order valence-electron chi connectivity index (χ1n) is 6.83. The summed E-state index contributed by atoms with van der Waals surface area (Å²) in [6.45, 7) is 0.200. The highest BCUT2D eigenvalue weighted by Crippen LogP contribution is 2.31. The van der Waals surface area contributed by atoms with Gasteiger partial charge >= 0.3 is 6.03 Å². The van der Waals surface area contributed by atoms with E-state index < -0.39 is 6.03 Å². The van der Waals surface area contributed by atoms with E-state index in [-0.39, 0.29) is 6.61 Å². The molecule has 0 fully saturated rings. The summed E-state index contributed by atoms with van der Waals surface area (Å²) in [5, 5.41) is 4.74. The monoisotopic (exact) mass is 367 g/mol. The molecule has 0 saturated carbocycles. The molecule has 0 aliphatic rings. The molecule has 8 heteroatoms. The number of benzene rings is 2. The van der Waals surface area contributed by atoms with Crippen molar-refractivity contribution < 1.29 is 14.3 Å². The quantitative estimate of drug-likeness (QED) is 0.604. The van der Waals surface area contributed by atoms with Crippen molar-refractivity contribution >= 4 is 35.4 Å². The maximum Gasteiger partial charge on any atom is 0.332 e. The van der Waals surface area contributed by atoms with E-state index in [1.54, 1.807) is 36.4 Å². The van der Waals surface area contributed by atoms with Gasteiger partial charge in [-0.2, -0.15) is 5.10 Å². The summed E-state index contributed by atoms with van der Waals surface area (Å²) in [6, 6.07) is 9.69. The third kappa shape index (κ3) is 4.78. The molecule has 24 heavy (non-hydrogen) atoms. The number of ether oxygens (including phenoxy) is 2. The minimum atomic E-state index is -0.741. The second-order valence-electron chi connectivity index (χ2n) is 4.63. The van der Waals surface area contributed by atoms with Gasteiger partial charge in [-0.15, -0.1) is 0 Å². The van der Waals surface area contributed by atoms with Crippen LogP contribution in [0.2, 0.25) is 10.0 Å². The summed E-state index contributed by atoms with van der Waals surface area (Å²) in [5.74, 6) is 1.02. The lowest BCUT2D eigenvalue weighted by atomic mass is 10.2. The lowest BCUT2D eigenvalue weighted by Crippen LogP contribution is -2.24. The molecule has 6 nitrogen and oxygen atoms in total. The highest BCUT2D eigenvalue weighted by atomic mass is 35.5. The molecule has 2 aromatic rings. The van der Waals surface area contributed by atoms with Crippen LogP contribution in [0, 0.1) is 0 Å². The molecule has 0 aromatic heterocycles. The molecule has 0 heterocycles. The normalized spacial score (nSPS) is 10.6. The zero-order chi connectivity index (χ0) is 17.5. The summed E-state index contributed by atoms with van der Waals surface area (Å²) in [4.78, 5) is 10.6. The number of carbonyl (C=O) groups excluding carboxylic acids is 1. The maximum absolute atomic E-state index is 10.6. The number of hydrogen-bond acceptors (Lipinski definition) is 4. The van der Waals surface area contributed by atoms with Gasteiger partial charge in [0.15, 0.2) is 11.5 Å². The van der Waals surface area contributed by atoms with Crippen LogP contribution in [0.25, 0.3) is 0 Å². The number of halogens is 2. The first-order valence-corrected chi connectivity index (χ1v) is 7.59. The van der Waals surface area contributed by atoms with E-state index >= 15 is 0 Å². The second-order valence-corrected chi connectivity index (χ2v) is 5.45. The average Bonchev–Trinajstić information content (AvgIpc) is 2.54. The first kappa shape index (κ1) is 17.9. The minimum absolute atomic E-state index is 0.200. The lowest BCUT2D eigenvalue weighted by Gasteiger charge is -2.13. The largest absolute Gasteiger partial charge is 0.493 e. The Morgan fingerprint density at radius 1 is 1.25 bits per heavy atom. The summed E-state index contributed by atoms with van der Waals surface area (Å²) in [7, 11) is 1.52. The van der Waals surface area contributed by atoms with Crippen LogP contribution in [0.1, 0.15) is 11.1 Å². The standard InChI is InChI=1S/C16H15Cl2N3O3/c1-23-15-7-10(8-20-21-16(19)22)5-6-14(15)24-9-11-12(17)3-2-4-13(11)18/h2-8H,9H2,1H3,(H3,19,21,22)/b20-8+. The highest BCUT2D eigenvalue weighted by Gasteiger charge is 2.09. The third-order valence-corrected chi connectivity index (χ3v) is 3.72. The number of rotatable bonds is 6. The molecule has 2 amide bonds. The molecular weight excluding hydrogens is 353 g/mol. The smallest absolute Gasteiger partial charge is 0.332 e. The lowest BCUT2D eigenvalue weighted by molar-refractivity contribution is 0.249. The van der Waals surface area contributed by atoms with E-state index in [2.05, 4.69) is 10.5 Å². The van der Waals surface area contributed by atoms with E-state index in [9.17, 15) is 4.79 Å². The van der Waals surface area contributed by atoms with E-state index in [1.807, 2.05) is 0 Å². The Morgan fingerprint density at radius 2 is 1.96 bits per heavy atom. The van der Waals surface area contributed by atoms with Gasteiger partial charge in [0.05, 0.1) is 13.3 Å².